The Kier molecular flexibility index (Phi) is 2.70. The van der Waals surface area contributed by atoms with Crippen molar-refractivity contribution in [1.29, 1.82) is 0 Å². The van der Waals surface area contributed by atoms with E-state index in [1.165, 1.54) is 16.7 Å². The lowest BCUT2D eigenvalue weighted by Crippen LogP contribution is -2.45. The Bertz CT molecular complexity index is 606. The van der Waals surface area contributed by atoms with Crippen molar-refractivity contribution in [1.82, 2.24) is 9.88 Å². The van der Waals surface area contributed by atoms with Crippen molar-refractivity contribution in [2.75, 3.05) is 6.73 Å². The molecule has 2 unspecified atom stereocenters. The van der Waals surface area contributed by atoms with Gasteiger partial charge in [0.15, 0.2) is 0 Å². The smallest absolute Gasteiger partial charge is 0.325 e. The lowest BCUT2D eigenvalue weighted by molar-refractivity contribution is -0.139. The number of cyclic esters (lactones) is 1. The molecule has 4 heteroatoms. The van der Waals surface area contributed by atoms with Gasteiger partial charge in [-0.15, -0.1) is 0 Å². The molecular weight excluding hydrogens is 252 g/mol. The Hall–Kier alpha value is -1.94. The number of carbonyl (C=O) groups excluding carboxylic acids is 1. The van der Waals surface area contributed by atoms with Crippen LogP contribution in [0.5, 0.6) is 0 Å². The molecule has 3 aliphatic rings. The SMILES string of the molecule is O=C1OCN2C1CC=C1C=C(c3cccnc3)CCC12. The van der Waals surface area contributed by atoms with Crippen molar-refractivity contribution in [3.63, 3.8) is 0 Å². The van der Waals surface area contributed by atoms with Crippen LogP contribution in [0.3, 0.4) is 0 Å². The fourth-order valence-electron chi connectivity index (χ4n) is 3.41. The summed E-state index contributed by atoms with van der Waals surface area (Å²) in [6.45, 7) is 0.446. The van der Waals surface area contributed by atoms with Gasteiger partial charge in [0.2, 0.25) is 0 Å². The first kappa shape index (κ1) is 11.9. The van der Waals surface area contributed by atoms with Gasteiger partial charge in [-0.25, -0.2) is 0 Å². The molecule has 2 aliphatic heterocycles. The molecule has 1 aliphatic carbocycles. The Morgan fingerprint density at radius 3 is 3.15 bits per heavy atom. The van der Waals surface area contributed by atoms with E-state index < -0.39 is 0 Å². The third-order valence-electron chi connectivity index (χ3n) is 4.45. The van der Waals surface area contributed by atoms with Crippen LogP contribution in [0.1, 0.15) is 24.8 Å². The van der Waals surface area contributed by atoms with Gasteiger partial charge in [-0.3, -0.25) is 14.7 Å². The molecule has 2 atom stereocenters. The van der Waals surface area contributed by atoms with Crippen LogP contribution in [0.4, 0.5) is 0 Å². The first-order valence-electron chi connectivity index (χ1n) is 7.06. The molecule has 0 aromatic carbocycles. The molecule has 0 amide bonds. The molecular formula is C16H16N2O2. The largest absolute Gasteiger partial charge is 0.448 e. The first-order valence-corrected chi connectivity index (χ1v) is 7.06. The second-order valence-electron chi connectivity index (χ2n) is 5.53. The van der Waals surface area contributed by atoms with Gasteiger partial charge in [0.25, 0.3) is 0 Å². The van der Waals surface area contributed by atoms with E-state index in [1.807, 2.05) is 12.3 Å². The zero-order valence-corrected chi connectivity index (χ0v) is 11.2. The normalized spacial score (nSPS) is 29.1. The minimum Gasteiger partial charge on any atom is -0.448 e. The van der Waals surface area contributed by atoms with Crippen LogP contribution in [0.25, 0.3) is 5.57 Å². The Morgan fingerprint density at radius 1 is 1.35 bits per heavy atom. The number of carbonyl (C=O) groups is 1. The molecule has 1 aromatic heterocycles. The maximum Gasteiger partial charge on any atom is 0.325 e. The van der Waals surface area contributed by atoms with Gasteiger partial charge in [0.1, 0.15) is 12.8 Å². The van der Waals surface area contributed by atoms with Gasteiger partial charge in [0, 0.05) is 18.4 Å². The van der Waals surface area contributed by atoms with Crippen LogP contribution < -0.4 is 0 Å². The van der Waals surface area contributed by atoms with E-state index in [1.54, 1.807) is 6.20 Å². The molecule has 102 valence electrons. The summed E-state index contributed by atoms with van der Waals surface area (Å²) in [5.74, 6) is -0.0673. The Morgan fingerprint density at radius 2 is 2.30 bits per heavy atom. The topological polar surface area (TPSA) is 42.4 Å². The number of rotatable bonds is 1. The van der Waals surface area contributed by atoms with Crippen LogP contribution in [0.2, 0.25) is 0 Å². The molecule has 1 aromatic rings. The summed E-state index contributed by atoms with van der Waals surface area (Å²) >= 11 is 0. The summed E-state index contributed by atoms with van der Waals surface area (Å²) in [4.78, 5) is 18.0. The third-order valence-corrected chi connectivity index (χ3v) is 4.45. The van der Waals surface area contributed by atoms with E-state index in [0.717, 1.165) is 19.3 Å². The van der Waals surface area contributed by atoms with Crippen molar-refractivity contribution < 1.29 is 9.53 Å². The van der Waals surface area contributed by atoms with Crippen LogP contribution in [0, 0.1) is 0 Å². The molecule has 3 heterocycles. The molecule has 20 heavy (non-hydrogen) atoms. The summed E-state index contributed by atoms with van der Waals surface area (Å²) in [6, 6.07) is 4.35. The highest BCUT2D eigenvalue weighted by Crippen LogP contribution is 2.37. The number of ether oxygens (including phenoxy) is 1. The summed E-state index contributed by atoms with van der Waals surface area (Å²) in [5.41, 5.74) is 3.86. The summed E-state index contributed by atoms with van der Waals surface area (Å²) in [5, 5.41) is 0. The number of hydrogen-bond donors (Lipinski definition) is 0. The molecule has 0 spiro atoms. The van der Waals surface area contributed by atoms with E-state index in [-0.39, 0.29) is 12.0 Å². The van der Waals surface area contributed by atoms with E-state index >= 15 is 0 Å². The van der Waals surface area contributed by atoms with Crippen molar-refractivity contribution in [2.45, 2.75) is 31.3 Å². The number of esters is 1. The first-order chi connectivity index (χ1) is 9.83. The van der Waals surface area contributed by atoms with Gasteiger partial charge >= 0.3 is 5.97 Å². The van der Waals surface area contributed by atoms with Gasteiger partial charge in [0.05, 0.1) is 0 Å². The van der Waals surface area contributed by atoms with Gasteiger partial charge < -0.3 is 4.74 Å². The van der Waals surface area contributed by atoms with Gasteiger partial charge in [-0.05, 0) is 42.0 Å². The van der Waals surface area contributed by atoms with Crippen LogP contribution in [-0.4, -0.2) is 34.7 Å². The Labute approximate surface area is 117 Å². The van der Waals surface area contributed by atoms with Crippen molar-refractivity contribution in [2.24, 2.45) is 0 Å². The number of fused-ring (bicyclic) bond motifs is 3. The maximum atomic E-state index is 11.7. The van der Waals surface area contributed by atoms with Crippen molar-refractivity contribution in [3.8, 4) is 0 Å². The number of pyridine rings is 1. The van der Waals surface area contributed by atoms with E-state index in [0.29, 0.717) is 12.8 Å². The van der Waals surface area contributed by atoms with Crippen LogP contribution in [0.15, 0.2) is 42.3 Å². The second kappa shape index (κ2) is 4.56. The second-order valence-corrected chi connectivity index (χ2v) is 5.53. The van der Waals surface area contributed by atoms with E-state index in [9.17, 15) is 4.79 Å². The summed E-state index contributed by atoms with van der Waals surface area (Å²) in [6.07, 6.45) is 11.0. The summed E-state index contributed by atoms with van der Waals surface area (Å²) in [7, 11) is 0. The Balaban J connectivity index is 1.66. The van der Waals surface area contributed by atoms with E-state index in [2.05, 4.69) is 28.1 Å². The molecule has 0 bridgehead atoms. The fourth-order valence-corrected chi connectivity index (χ4v) is 3.41. The standard InChI is InChI=1S/C16H16N2O2/c19-16-15-6-4-12-8-11(13-2-1-7-17-9-13)3-5-14(12)18(15)10-20-16/h1-2,4,7-9,14-15H,3,5-6,10H2. The molecule has 4 rings (SSSR count). The van der Waals surface area contributed by atoms with Crippen molar-refractivity contribution in [3.05, 3.63) is 47.8 Å². The molecule has 0 N–H and O–H groups in total. The highest BCUT2D eigenvalue weighted by Gasteiger charge is 2.42. The molecule has 1 saturated heterocycles. The number of aromatic nitrogens is 1. The van der Waals surface area contributed by atoms with Crippen LogP contribution in [-0.2, 0) is 9.53 Å². The number of hydrogen-bond acceptors (Lipinski definition) is 4. The predicted molar refractivity (Wildman–Crippen MR) is 74.5 cm³/mol. The average Bonchev–Trinajstić information content (AvgIpc) is 2.89. The molecule has 1 fully saturated rings. The van der Waals surface area contributed by atoms with Crippen LogP contribution >= 0.6 is 0 Å². The zero-order chi connectivity index (χ0) is 13.5. The van der Waals surface area contributed by atoms with Crippen molar-refractivity contribution >= 4 is 11.5 Å². The monoisotopic (exact) mass is 268 g/mol. The highest BCUT2D eigenvalue weighted by atomic mass is 16.6. The van der Waals surface area contributed by atoms with E-state index in [4.69, 9.17) is 4.74 Å². The molecule has 0 radical (unpaired) electrons. The highest BCUT2D eigenvalue weighted by molar-refractivity contribution is 5.79. The fraction of sp³-hybridized carbons (Fsp3) is 0.375. The lowest BCUT2D eigenvalue weighted by Gasteiger charge is -2.37. The van der Waals surface area contributed by atoms with Gasteiger partial charge in [-0.2, -0.15) is 0 Å². The molecule has 0 saturated carbocycles. The lowest BCUT2D eigenvalue weighted by atomic mass is 9.83. The minimum absolute atomic E-state index is 0.0582. The maximum absolute atomic E-state index is 11.7. The third kappa shape index (κ3) is 1.79. The average molecular weight is 268 g/mol. The van der Waals surface area contributed by atoms with Gasteiger partial charge in [-0.1, -0.05) is 18.2 Å². The quantitative estimate of drug-likeness (QED) is 0.732. The minimum atomic E-state index is -0.0673. The predicted octanol–water partition coefficient (Wildman–Crippen LogP) is 2.14. The molecule has 4 nitrogen and oxygen atoms in total. The zero-order valence-electron chi connectivity index (χ0n) is 11.2. The summed E-state index contributed by atoms with van der Waals surface area (Å²) < 4.78 is 5.18. The number of nitrogens with zero attached hydrogens (tertiary/aromatic N) is 2. The number of allylic oxidation sites excluding steroid dienone is 1.